The molecule has 0 aliphatic rings. The molecule has 2 heterocycles. The summed E-state index contributed by atoms with van der Waals surface area (Å²) in [5, 5.41) is 2.48. The van der Waals surface area contributed by atoms with Gasteiger partial charge >= 0.3 is 0 Å². The van der Waals surface area contributed by atoms with Crippen LogP contribution in [0.5, 0.6) is 0 Å². The minimum Gasteiger partial charge on any atom is -0.237 e. The van der Waals surface area contributed by atoms with Gasteiger partial charge in [-0.2, -0.15) is 0 Å². The number of aromatic nitrogens is 1. The summed E-state index contributed by atoms with van der Waals surface area (Å²) in [5.74, 6) is 0. The van der Waals surface area contributed by atoms with E-state index in [0.29, 0.717) is 5.69 Å². The first kappa shape index (κ1) is 18.5. The molecule has 3 heteroatoms. The fourth-order valence-corrected chi connectivity index (χ4v) is 5.68. The maximum atomic E-state index is 7.73. The maximum absolute atomic E-state index is 7.73. The summed E-state index contributed by atoms with van der Waals surface area (Å²) in [4.78, 5) is 3.84. The zero-order chi connectivity index (χ0) is 20.8. The molecule has 5 rings (SSSR count). The topological polar surface area (TPSA) is 8.24 Å². The van der Waals surface area contributed by atoms with Crippen LogP contribution in [0.15, 0.2) is 72.9 Å². The smallest absolute Gasteiger partial charge is 0.214 e. The zero-order valence-corrected chi connectivity index (χ0v) is 18.0. The van der Waals surface area contributed by atoms with E-state index in [9.17, 15) is 0 Å². The third-order valence-electron chi connectivity index (χ3n) is 5.74. The van der Waals surface area contributed by atoms with E-state index in [-0.39, 0.29) is 0 Å². The van der Waals surface area contributed by atoms with Crippen molar-refractivity contribution in [2.24, 2.45) is 7.05 Å². The summed E-state index contributed by atoms with van der Waals surface area (Å²) in [5.41, 5.74) is 7.86. The molecule has 0 aliphatic carbocycles. The van der Waals surface area contributed by atoms with Gasteiger partial charge in [-0.25, -0.2) is 9.41 Å². The predicted octanol–water partition coefficient (Wildman–Crippen LogP) is 7.38. The van der Waals surface area contributed by atoms with Crippen molar-refractivity contribution >= 4 is 37.2 Å². The molecule has 0 bridgehead atoms. The highest BCUT2D eigenvalue weighted by molar-refractivity contribution is 7.27. The van der Waals surface area contributed by atoms with Crippen molar-refractivity contribution < 1.29 is 4.57 Å². The lowest BCUT2D eigenvalue weighted by atomic mass is 9.98. The number of fused-ring (bicyclic) bond motifs is 3. The first-order chi connectivity index (χ1) is 14.6. The van der Waals surface area contributed by atoms with Crippen LogP contribution < -0.4 is 4.57 Å². The second-order valence-corrected chi connectivity index (χ2v) is 8.77. The first-order valence-electron chi connectivity index (χ1n) is 9.97. The molecular formula is C27H21N2S+. The van der Waals surface area contributed by atoms with Gasteiger partial charge in [0, 0.05) is 32.5 Å². The lowest BCUT2D eigenvalue weighted by Gasteiger charge is -2.07. The average molecular weight is 406 g/mol. The largest absolute Gasteiger partial charge is 0.237 e. The van der Waals surface area contributed by atoms with Crippen molar-refractivity contribution in [3.63, 3.8) is 0 Å². The molecule has 0 amide bonds. The summed E-state index contributed by atoms with van der Waals surface area (Å²) >= 11 is 1.81. The number of thiophene rings is 1. The normalized spacial score (nSPS) is 11.1. The van der Waals surface area contributed by atoms with Gasteiger partial charge in [-0.1, -0.05) is 54.6 Å². The number of nitrogens with zero attached hydrogens (tertiary/aromatic N) is 2. The van der Waals surface area contributed by atoms with E-state index in [0.717, 1.165) is 11.1 Å². The molecule has 144 valence electrons. The van der Waals surface area contributed by atoms with E-state index in [1.165, 1.54) is 42.6 Å². The summed E-state index contributed by atoms with van der Waals surface area (Å²) in [6.07, 6.45) is 2.13. The van der Waals surface area contributed by atoms with E-state index in [2.05, 4.69) is 79.0 Å². The Bertz CT molecular complexity index is 1470. The van der Waals surface area contributed by atoms with Gasteiger partial charge in [-0.3, -0.25) is 0 Å². The Labute approximate surface area is 180 Å². The molecule has 0 atom stereocenters. The Morgan fingerprint density at radius 3 is 2.27 bits per heavy atom. The highest BCUT2D eigenvalue weighted by Crippen LogP contribution is 2.47. The van der Waals surface area contributed by atoms with Gasteiger partial charge in [0.25, 0.3) is 0 Å². The van der Waals surface area contributed by atoms with Crippen LogP contribution in [0.2, 0.25) is 0 Å². The standard InChI is InChI=1S/C27H21N2S/c1-17-14-15-29(4)23(16-17)24-18(2)10-11-20-21-12-13-22(28-3)25(27(21)30-26(20)24)19-8-6-5-7-9-19/h5-16H,1-2,4H3/q+1. The number of pyridine rings is 1. The molecule has 3 aromatic carbocycles. The van der Waals surface area contributed by atoms with Crippen LogP contribution in [0.4, 0.5) is 5.69 Å². The second kappa shape index (κ2) is 7.09. The monoisotopic (exact) mass is 405 g/mol. The Morgan fingerprint density at radius 2 is 1.53 bits per heavy atom. The van der Waals surface area contributed by atoms with E-state index in [1.807, 2.05) is 24.3 Å². The molecule has 2 nitrogen and oxygen atoms in total. The van der Waals surface area contributed by atoms with Gasteiger partial charge in [0.1, 0.15) is 7.05 Å². The van der Waals surface area contributed by atoms with Crippen LogP contribution in [-0.2, 0) is 7.05 Å². The molecule has 2 aromatic heterocycles. The average Bonchev–Trinajstić information content (AvgIpc) is 3.14. The number of rotatable bonds is 2. The van der Waals surface area contributed by atoms with Crippen molar-refractivity contribution in [3.8, 4) is 22.4 Å². The number of hydrogen-bond acceptors (Lipinski definition) is 1. The van der Waals surface area contributed by atoms with Gasteiger partial charge in [0.2, 0.25) is 5.69 Å². The maximum Gasteiger partial charge on any atom is 0.214 e. The molecule has 0 saturated heterocycles. The zero-order valence-electron chi connectivity index (χ0n) is 17.2. The van der Waals surface area contributed by atoms with Crippen LogP contribution in [-0.4, -0.2) is 0 Å². The van der Waals surface area contributed by atoms with Crippen LogP contribution in [0, 0.1) is 20.4 Å². The fraction of sp³-hybridized carbons (Fsp3) is 0.111. The fourth-order valence-electron chi connectivity index (χ4n) is 4.21. The van der Waals surface area contributed by atoms with Gasteiger partial charge in [-0.15, -0.1) is 11.3 Å². The van der Waals surface area contributed by atoms with Crippen LogP contribution in [0.25, 0.3) is 47.4 Å². The second-order valence-electron chi connectivity index (χ2n) is 7.75. The Hall–Kier alpha value is -3.48. The molecule has 30 heavy (non-hydrogen) atoms. The summed E-state index contributed by atoms with van der Waals surface area (Å²) in [6.45, 7) is 12.1. The molecule has 0 unspecified atom stereocenters. The molecule has 0 aliphatic heterocycles. The first-order valence-corrected chi connectivity index (χ1v) is 10.8. The number of aryl methyl sites for hydroxylation is 3. The third kappa shape index (κ3) is 2.81. The molecule has 0 N–H and O–H groups in total. The van der Waals surface area contributed by atoms with Crippen molar-refractivity contribution in [2.45, 2.75) is 13.8 Å². The quantitative estimate of drug-likeness (QED) is 0.214. The van der Waals surface area contributed by atoms with Gasteiger partial charge < -0.3 is 0 Å². The molecule has 5 aromatic rings. The van der Waals surface area contributed by atoms with E-state index in [1.54, 1.807) is 11.3 Å². The lowest BCUT2D eigenvalue weighted by Crippen LogP contribution is -2.30. The minimum absolute atomic E-state index is 0.708. The number of benzene rings is 3. The summed E-state index contributed by atoms with van der Waals surface area (Å²) in [7, 11) is 2.10. The van der Waals surface area contributed by atoms with Gasteiger partial charge in [0.05, 0.1) is 12.1 Å². The summed E-state index contributed by atoms with van der Waals surface area (Å²) in [6, 6.07) is 23.2. The van der Waals surface area contributed by atoms with E-state index >= 15 is 0 Å². The highest BCUT2D eigenvalue weighted by atomic mass is 32.1. The molecular weight excluding hydrogens is 384 g/mol. The molecule has 0 radical (unpaired) electrons. The predicted molar refractivity (Wildman–Crippen MR) is 127 cm³/mol. The van der Waals surface area contributed by atoms with Crippen LogP contribution in [0.3, 0.4) is 0 Å². The van der Waals surface area contributed by atoms with Crippen molar-refractivity contribution in [1.29, 1.82) is 0 Å². The van der Waals surface area contributed by atoms with Crippen molar-refractivity contribution in [1.82, 2.24) is 0 Å². The molecule has 0 spiro atoms. The van der Waals surface area contributed by atoms with E-state index in [4.69, 9.17) is 6.57 Å². The Balaban J connectivity index is 1.93. The molecule has 0 saturated carbocycles. The lowest BCUT2D eigenvalue weighted by molar-refractivity contribution is -0.660. The van der Waals surface area contributed by atoms with Crippen molar-refractivity contribution in [3.05, 3.63) is 95.5 Å². The SMILES string of the molecule is [C-]#[N+]c1ccc2c(sc3c(-c4cc(C)cc[n+]4C)c(C)ccc32)c1-c1ccccc1. The van der Waals surface area contributed by atoms with Gasteiger partial charge in [-0.05, 0) is 35.9 Å². The van der Waals surface area contributed by atoms with Crippen molar-refractivity contribution in [2.75, 3.05) is 0 Å². The van der Waals surface area contributed by atoms with Crippen LogP contribution >= 0.6 is 11.3 Å². The highest BCUT2D eigenvalue weighted by Gasteiger charge is 2.21. The van der Waals surface area contributed by atoms with Crippen LogP contribution in [0.1, 0.15) is 11.1 Å². The van der Waals surface area contributed by atoms with Gasteiger partial charge in [0.15, 0.2) is 11.9 Å². The summed E-state index contributed by atoms with van der Waals surface area (Å²) < 4.78 is 4.67. The minimum atomic E-state index is 0.708. The van der Waals surface area contributed by atoms with E-state index < -0.39 is 0 Å². The molecule has 0 fully saturated rings. The number of hydrogen-bond donors (Lipinski definition) is 0. The third-order valence-corrected chi connectivity index (χ3v) is 7.00. The Morgan fingerprint density at radius 1 is 0.833 bits per heavy atom. The Kier molecular flexibility index (Phi) is 4.38.